The van der Waals surface area contributed by atoms with E-state index >= 15 is 0 Å². The van der Waals surface area contributed by atoms with Crippen molar-refractivity contribution in [3.05, 3.63) is 71.7 Å². The maximum Gasteiger partial charge on any atom is 0.259 e. The Balaban J connectivity index is 1.68. The molecule has 4 rings (SSSR count). The molecule has 0 saturated carbocycles. The largest absolute Gasteiger partial charge is 0.496 e. The van der Waals surface area contributed by atoms with Gasteiger partial charge in [0, 0.05) is 10.6 Å². The number of carbonyl (C=O) groups excluding carboxylic acids is 1. The van der Waals surface area contributed by atoms with Gasteiger partial charge >= 0.3 is 0 Å². The molecule has 0 aliphatic rings. The zero-order chi connectivity index (χ0) is 21.1. The summed E-state index contributed by atoms with van der Waals surface area (Å²) in [5.41, 5.74) is 2.12. The van der Waals surface area contributed by atoms with Gasteiger partial charge in [-0.2, -0.15) is 9.50 Å². The highest BCUT2D eigenvalue weighted by Crippen LogP contribution is 2.34. The van der Waals surface area contributed by atoms with Crippen LogP contribution in [0.25, 0.3) is 5.78 Å². The molecule has 2 aromatic carbocycles. The molecular formula is C22H21N5O2S. The Morgan fingerprint density at radius 3 is 2.70 bits per heavy atom. The number of aryl methyl sites for hydroxylation is 2. The maximum absolute atomic E-state index is 12.9. The van der Waals surface area contributed by atoms with Crippen molar-refractivity contribution in [2.24, 2.45) is 0 Å². The molecular weight excluding hydrogens is 398 g/mol. The van der Waals surface area contributed by atoms with Gasteiger partial charge in [0.25, 0.3) is 11.7 Å². The fourth-order valence-corrected chi connectivity index (χ4v) is 4.04. The van der Waals surface area contributed by atoms with Gasteiger partial charge in [0.15, 0.2) is 0 Å². The van der Waals surface area contributed by atoms with Crippen molar-refractivity contribution in [2.45, 2.75) is 30.2 Å². The summed E-state index contributed by atoms with van der Waals surface area (Å²) >= 11 is 1.51. The van der Waals surface area contributed by atoms with Gasteiger partial charge in [0.2, 0.25) is 0 Å². The molecule has 0 aliphatic heterocycles. The molecule has 30 heavy (non-hydrogen) atoms. The van der Waals surface area contributed by atoms with Crippen molar-refractivity contribution in [1.82, 2.24) is 19.6 Å². The summed E-state index contributed by atoms with van der Waals surface area (Å²) in [7, 11) is 1.55. The first-order valence-electron chi connectivity index (χ1n) is 9.53. The number of hydrogen-bond acceptors (Lipinski definition) is 6. The average molecular weight is 420 g/mol. The molecule has 2 heterocycles. The summed E-state index contributed by atoms with van der Waals surface area (Å²) in [6.45, 7) is 3.90. The molecule has 152 valence electrons. The number of methoxy groups -OCH3 is 1. The summed E-state index contributed by atoms with van der Waals surface area (Å²) < 4.78 is 7.05. The van der Waals surface area contributed by atoms with Crippen LogP contribution in [0.1, 0.15) is 28.8 Å². The summed E-state index contributed by atoms with van der Waals surface area (Å²) in [6.07, 6.45) is 0.794. The van der Waals surface area contributed by atoms with Crippen LogP contribution in [0.3, 0.4) is 0 Å². The number of para-hydroxylation sites is 2. The van der Waals surface area contributed by atoms with Crippen LogP contribution in [0, 0.1) is 6.92 Å². The number of carbonyl (C=O) groups is 1. The molecule has 8 heteroatoms. The topological polar surface area (TPSA) is 81.4 Å². The highest BCUT2D eigenvalue weighted by Gasteiger charge is 2.16. The monoisotopic (exact) mass is 419 g/mol. The summed E-state index contributed by atoms with van der Waals surface area (Å²) in [5, 5.41) is 8.35. The highest BCUT2D eigenvalue weighted by molar-refractivity contribution is 7.99. The predicted molar refractivity (Wildman–Crippen MR) is 116 cm³/mol. The number of nitrogens with zero attached hydrogens (tertiary/aromatic N) is 4. The summed E-state index contributed by atoms with van der Waals surface area (Å²) in [4.78, 5) is 22.7. The quantitative estimate of drug-likeness (QED) is 0.466. The molecule has 0 bridgehead atoms. The third kappa shape index (κ3) is 3.99. The Labute approximate surface area is 178 Å². The second-order valence-corrected chi connectivity index (χ2v) is 7.62. The number of nitrogens with one attached hydrogen (secondary N) is 1. The minimum atomic E-state index is -0.230. The Morgan fingerprint density at radius 1 is 1.13 bits per heavy atom. The Bertz CT molecular complexity index is 1220. The summed E-state index contributed by atoms with van der Waals surface area (Å²) in [6, 6.07) is 16.8. The fourth-order valence-electron chi connectivity index (χ4n) is 3.04. The van der Waals surface area contributed by atoms with Gasteiger partial charge in [-0.3, -0.25) is 4.79 Å². The lowest BCUT2D eigenvalue weighted by molar-refractivity contribution is 0.102. The van der Waals surface area contributed by atoms with Gasteiger partial charge < -0.3 is 10.1 Å². The Kier molecular flexibility index (Phi) is 5.67. The number of anilines is 1. The second-order valence-electron chi connectivity index (χ2n) is 6.56. The molecule has 0 radical (unpaired) electrons. The minimum absolute atomic E-state index is 0.230. The Hall–Kier alpha value is -3.39. The van der Waals surface area contributed by atoms with Crippen molar-refractivity contribution in [3.8, 4) is 5.75 Å². The van der Waals surface area contributed by atoms with Gasteiger partial charge in [-0.25, -0.2) is 4.98 Å². The van der Waals surface area contributed by atoms with Gasteiger partial charge in [0.05, 0.1) is 18.4 Å². The van der Waals surface area contributed by atoms with E-state index in [1.807, 2.05) is 49.4 Å². The average Bonchev–Trinajstić information content (AvgIpc) is 3.15. The second kappa shape index (κ2) is 8.54. The number of aromatic nitrogens is 4. The molecule has 0 saturated heterocycles. The number of rotatable bonds is 6. The maximum atomic E-state index is 12.9. The van der Waals surface area contributed by atoms with E-state index in [-0.39, 0.29) is 5.91 Å². The lowest BCUT2D eigenvalue weighted by Gasteiger charge is -2.13. The molecule has 0 unspecified atom stereocenters. The van der Waals surface area contributed by atoms with Crippen LogP contribution in [0.15, 0.2) is 64.5 Å². The molecule has 7 nitrogen and oxygen atoms in total. The van der Waals surface area contributed by atoms with Crippen LogP contribution in [-0.2, 0) is 6.42 Å². The first-order valence-corrected chi connectivity index (χ1v) is 10.3. The first-order chi connectivity index (χ1) is 14.6. The third-order valence-corrected chi connectivity index (χ3v) is 5.58. The molecule has 0 spiro atoms. The zero-order valence-electron chi connectivity index (χ0n) is 16.9. The molecule has 0 fully saturated rings. The lowest BCUT2D eigenvalue weighted by atomic mass is 10.2. The third-order valence-electron chi connectivity index (χ3n) is 4.50. The van der Waals surface area contributed by atoms with Crippen LogP contribution in [0.2, 0.25) is 0 Å². The van der Waals surface area contributed by atoms with Gasteiger partial charge in [0.1, 0.15) is 16.6 Å². The van der Waals surface area contributed by atoms with Crippen LogP contribution in [-0.4, -0.2) is 32.6 Å². The lowest BCUT2D eigenvalue weighted by Crippen LogP contribution is -2.13. The standard InChI is InChI=1S/C22H21N5O2S/c1-4-15-13-20(27-22(24-15)23-14(2)26-27)30-19-12-8-6-10-17(19)25-21(28)16-9-5-7-11-18(16)29-3/h5-13H,4H2,1-3H3,(H,25,28). The van der Waals surface area contributed by atoms with E-state index < -0.39 is 0 Å². The van der Waals surface area contributed by atoms with E-state index in [0.717, 1.165) is 22.0 Å². The van der Waals surface area contributed by atoms with E-state index in [1.165, 1.54) is 11.8 Å². The number of benzene rings is 2. The van der Waals surface area contributed by atoms with Crippen LogP contribution in [0.4, 0.5) is 5.69 Å². The number of amides is 1. The van der Waals surface area contributed by atoms with Gasteiger partial charge in [-0.05, 0) is 43.7 Å². The first kappa shape index (κ1) is 19.9. The fraction of sp³-hybridized carbons (Fsp3) is 0.182. The van der Waals surface area contributed by atoms with E-state index in [4.69, 9.17) is 4.74 Å². The van der Waals surface area contributed by atoms with Gasteiger partial charge in [-0.15, -0.1) is 5.10 Å². The molecule has 4 aromatic rings. The van der Waals surface area contributed by atoms with Crippen molar-refractivity contribution in [2.75, 3.05) is 12.4 Å². The normalized spacial score (nSPS) is 10.9. The molecule has 0 aliphatic carbocycles. The van der Waals surface area contributed by atoms with Gasteiger partial charge in [-0.1, -0.05) is 43.0 Å². The van der Waals surface area contributed by atoms with Crippen LogP contribution < -0.4 is 10.1 Å². The van der Waals surface area contributed by atoms with E-state index in [9.17, 15) is 4.79 Å². The van der Waals surface area contributed by atoms with E-state index in [2.05, 4.69) is 27.3 Å². The SMILES string of the molecule is CCc1cc(Sc2ccccc2NC(=O)c2ccccc2OC)n2nc(C)nc2n1. The van der Waals surface area contributed by atoms with Crippen molar-refractivity contribution < 1.29 is 9.53 Å². The molecule has 1 N–H and O–H groups in total. The van der Waals surface area contributed by atoms with E-state index in [1.54, 1.807) is 23.8 Å². The van der Waals surface area contributed by atoms with Crippen molar-refractivity contribution in [1.29, 1.82) is 0 Å². The summed E-state index contributed by atoms with van der Waals surface area (Å²) in [5.74, 6) is 1.54. The molecule has 1 amide bonds. The van der Waals surface area contributed by atoms with Crippen molar-refractivity contribution >= 4 is 29.1 Å². The predicted octanol–water partition coefficient (Wildman–Crippen LogP) is 4.41. The molecule has 0 atom stereocenters. The smallest absolute Gasteiger partial charge is 0.259 e. The zero-order valence-corrected chi connectivity index (χ0v) is 17.7. The Morgan fingerprint density at radius 2 is 1.90 bits per heavy atom. The van der Waals surface area contributed by atoms with Crippen molar-refractivity contribution in [3.63, 3.8) is 0 Å². The highest BCUT2D eigenvalue weighted by atomic mass is 32.2. The number of ether oxygens (including phenoxy) is 1. The number of fused-ring (bicyclic) bond motifs is 1. The minimum Gasteiger partial charge on any atom is -0.496 e. The van der Waals surface area contributed by atoms with Crippen LogP contribution >= 0.6 is 11.8 Å². The van der Waals surface area contributed by atoms with E-state index in [0.29, 0.717) is 28.6 Å². The molecule has 2 aromatic heterocycles. The van der Waals surface area contributed by atoms with Crippen LogP contribution in [0.5, 0.6) is 5.75 Å². The number of hydrogen-bond donors (Lipinski definition) is 1.